The molecule has 2 N–H and O–H groups in total. The van der Waals surface area contributed by atoms with Crippen molar-refractivity contribution in [3.63, 3.8) is 0 Å². The molecule has 0 saturated carbocycles. The van der Waals surface area contributed by atoms with Crippen LogP contribution >= 0.6 is 11.8 Å². The molecule has 0 aliphatic heterocycles. The molecule has 2 aromatic rings. The van der Waals surface area contributed by atoms with Gasteiger partial charge in [0.25, 0.3) is 0 Å². The molecule has 0 amide bonds. The fraction of sp³-hybridized carbons (Fsp3) is 0.400. The molecule has 20 heavy (non-hydrogen) atoms. The maximum Gasteiger partial charge on any atom is 0.133 e. The van der Waals surface area contributed by atoms with E-state index in [1.807, 2.05) is 36.0 Å². The minimum Gasteiger partial charge on any atom is -0.496 e. The Kier molecular flexibility index (Phi) is 5.95. The molecule has 108 valence electrons. The Morgan fingerprint density at radius 1 is 1.25 bits per heavy atom. The summed E-state index contributed by atoms with van der Waals surface area (Å²) in [6, 6.07) is 7.95. The number of hydrogen-bond donors (Lipinski definition) is 2. The van der Waals surface area contributed by atoms with Gasteiger partial charge in [-0.05, 0) is 24.3 Å². The summed E-state index contributed by atoms with van der Waals surface area (Å²) in [5.74, 6) is 3.76. The van der Waals surface area contributed by atoms with Gasteiger partial charge in [0.15, 0.2) is 0 Å². The number of pyridine rings is 1. The van der Waals surface area contributed by atoms with E-state index in [1.165, 1.54) is 0 Å². The van der Waals surface area contributed by atoms with Crippen LogP contribution in [0.15, 0.2) is 30.5 Å². The SMILES string of the molecule is COc1cccc2c(NCCSCCCO)nccc12. The quantitative estimate of drug-likeness (QED) is 0.733. The molecule has 0 saturated heterocycles. The van der Waals surface area contributed by atoms with Gasteiger partial charge in [-0.15, -0.1) is 0 Å². The van der Waals surface area contributed by atoms with Crippen LogP contribution in [0.5, 0.6) is 5.75 Å². The highest BCUT2D eigenvalue weighted by atomic mass is 32.2. The minimum atomic E-state index is 0.269. The Hall–Kier alpha value is -1.46. The van der Waals surface area contributed by atoms with Crippen LogP contribution in [0.1, 0.15) is 6.42 Å². The Morgan fingerprint density at radius 2 is 2.15 bits per heavy atom. The highest BCUT2D eigenvalue weighted by molar-refractivity contribution is 7.99. The lowest BCUT2D eigenvalue weighted by atomic mass is 10.1. The van der Waals surface area contributed by atoms with Crippen LogP contribution in [0.3, 0.4) is 0 Å². The smallest absolute Gasteiger partial charge is 0.133 e. The third kappa shape index (κ3) is 3.77. The van der Waals surface area contributed by atoms with Crippen molar-refractivity contribution in [2.75, 3.05) is 37.1 Å². The number of aliphatic hydroxyl groups is 1. The first-order chi connectivity index (χ1) is 9.86. The summed E-state index contributed by atoms with van der Waals surface area (Å²) in [5.41, 5.74) is 0. The van der Waals surface area contributed by atoms with Gasteiger partial charge in [-0.25, -0.2) is 4.98 Å². The van der Waals surface area contributed by atoms with Crippen molar-refractivity contribution in [3.05, 3.63) is 30.5 Å². The average molecular weight is 292 g/mol. The molecule has 0 fully saturated rings. The van der Waals surface area contributed by atoms with Crippen LogP contribution in [0.25, 0.3) is 10.8 Å². The van der Waals surface area contributed by atoms with E-state index < -0.39 is 0 Å². The van der Waals surface area contributed by atoms with Crippen molar-refractivity contribution in [1.29, 1.82) is 0 Å². The first-order valence-corrected chi connectivity index (χ1v) is 7.86. The zero-order chi connectivity index (χ0) is 14.2. The molecule has 1 aromatic carbocycles. The molecular formula is C15H20N2O2S. The van der Waals surface area contributed by atoms with E-state index in [2.05, 4.69) is 10.3 Å². The largest absolute Gasteiger partial charge is 0.496 e. The zero-order valence-corrected chi connectivity index (χ0v) is 12.4. The number of anilines is 1. The predicted molar refractivity (Wildman–Crippen MR) is 85.8 cm³/mol. The molecule has 1 aromatic heterocycles. The molecule has 0 aliphatic carbocycles. The number of benzene rings is 1. The van der Waals surface area contributed by atoms with Crippen LogP contribution in [0.2, 0.25) is 0 Å². The third-order valence-corrected chi connectivity index (χ3v) is 4.04. The second kappa shape index (κ2) is 7.97. The zero-order valence-electron chi connectivity index (χ0n) is 11.6. The summed E-state index contributed by atoms with van der Waals surface area (Å²) in [4.78, 5) is 4.40. The average Bonchev–Trinajstić information content (AvgIpc) is 2.50. The van der Waals surface area contributed by atoms with Gasteiger partial charge in [0.05, 0.1) is 7.11 Å². The number of rotatable bonds is 8. The molecule has 0 bridgehead atoms. The third-order valence-electron chi connectivity index (χ3n) is 2.97. The second-order valence-electron chi connectivity index (χ2n) is 4.33. The fourth-order valence-corrected chi connectivity index (χ4v) is 2.79. The number of fused-ring (bicyclic) bond motifs is 1. The Balaban J connectivity index is 2.00. The van der Waals surface area contributed by atoms with Crippen molar-refractivity contribution < 1.29 is 9.84 Å². The Morgan fingerprint density at radius 3 is 2.95 bits per heavy atom. The van der Waals surface area contributed by atoms with Crippen molar-refractivity contribution >= 4 is 28.4 Å². The number of ether oxygens (including phenoxy) is 1. The summed E-state index contributed by atoms with van der Waals surface area (Å²) >= 11 is 1.84. The summed E-state index contributed by atoms with van der Waals surface area (Å²) in [6.45, 7) is 1.13. The van der Waals surface area contributed by atoms with E-state index >= 15 is 0 Å². The van der Waals surface area contributed by atoms with E-state index in [1.54, 1.807) is 13.3 Å². The number of methoxy groups -OCH3 is 1. The highest BCUT2D eigenvalue weighted by Crippen LogP contribution is 2.28. The van der Waals surface area contributed by atoms with Crippen LogP contribution in [0, 0.1) is 0 Å². The van der Waals surface area contributed by atoms with Crippen LogP contribution < -0.4 is 10.1 Å². The highest BCUT2D eigenvalue weighted by Gasteiger charge is 2.05. The lowest BCUT2D eigenvalue weighted by Gasteiger charge is -2.10. The number of hydrogen-bond acceptors (Lipinski definition) is 5. The van der Waals surface area contributed by atoms with Crippen LogP contribution in [-0.4, -0.2) is 41.9 Å². The molecule has 4 nitrogen and oxygen atoms in total. The van der Waals surface area contributed by atoms with Gasteiger partial charge >= 0.3 is 0 Å². The van der Waals surface area contributed by atoms with Gasteiger partial charge in [-0.2, -0.15) is 11.8 Å². The fourth-order valence-electron chi connectivity index (χ4n) is 2.01. The lowest BCUT2D eigenvalue weighted by Crippen LogP contribution is -2.06. The van der Waals surface area contributed by atoms with Gasteiger partial charge in [-0.3, -0.25) is 0 Å². The Bertz CT molecular complexity index is 548. The van der Waals surface area contributed by atoms with Crippen molar-refractivity contribution in [2.45, 2.75) is 6.42 Å². The van der Waals surface area contributed by atoms with E-state index in [9.17, 15) is 0 Å². The van der Waals surface area contributed by atoms with Gasteiger partial charge < -0.3 is 15.2 Å². The minimum absolute atomic E-state index is 0.269. The summed E-state index contributed by atoms with van der Waals surface area (Å²) < 4.78 is 5.37. The van der Waals surface area contributed by atoms with Crippen LogP contribution in [0.4, 0.5) is 5.82 Å². The molecule has 1 heterocycles. The van der Waals surface area contributed by atoms with Gasteiger partial charge in [0.2, 0.25) is 0 Å². The standard InChI is InChI=1S/C15H20N2O2S/c1-19-14-5-2-4-13-12(14)6-7-16-15(13)17-8-11-20-10-3-9-18/h2,4-7,18H,3,8-11H2,1H3,(H,16,17). The normalized spacial score (nSPS) is 10.7. The van der Waals surface area contributed by atoms with E-state index in [0.29, 0.717) is 0 Å². The number of aliphatic hydroxyl groups excluding tert-OH is 1. The van der Waals surface area contributed by atoms with E-state index in [-0.39, 0.29) is 6.61 Å². The Labute approximate surface area is 123 Å². The van der Waals surface area contributed by atoms with E-state index in [0.717, 1.165) is 46.8 Å². The molecule has 0 spiro atoms. The van der Waals surface area contributed by atoms with Crippen molar-refractivity contribution in [2.24, 2.45) is 0 Å². The number of nitrogens with zero attached hydrogens (tertiary/aromatic N) is 1. The molecule has 0 aliphatic rings. The second-order valence-corrected chi connectivity index (χ2v) is 5.56. The first kappa shape index (κ1) is 14.9. The summed E-state index contributed by atoms with van der Waals surface area (Å²) in [5, 5.41) is 14.2. The van der Waals surface area contributed by atoms with Gasteiger partial charge in [0.1, 0.15) is 11.6 Å². The topological polar surface area (TPSA) is 54.4 Å². The number of aromatic nitrogens is 1. The van der Waals surface area contributed by atoms with E-state index in [4.69, 9.17) is 9.84 Å². The molecule has 0 unspecified atom stereocenters. The number of thioether (sulfide) groups is 1. The molecule has 2 rings (SSSR count). The first-order valence-electron chi connectivity index (χ1n) is 6.71. The van der Waals surface area contributed by atoms with Gasteiger partial charge in [-0.1, -0.05) is 12.1 Å². The maximum absolute atomic E-state index is 8.72. The summed E-state index contributed by atoms with van der Waals surface area (Å²) in [7, 11) is 1.68. The molecule has 5 heteroatoms. The lowest BCUT2D eigenvalue weighted by molar-refractivity contribution is 0.296. The predicted octanol–water partition coefficient (Wildman–Crippen LogP) is 2.77. The molecular weight excluding hydrogens is 272 g/mol. The van der Waals surface area contributed by atoms with Gasteiger partial charge in [0, 0.05) is 35.9 Å². The van der Waals surface area contributed by atoms with Crippen molar-refractivity contribution in [1.82, 2.24) is 4.98 Å². The van der Waals surface area contributed by atoms with Crippen molar-refractivity contribution in [3.8, 4) is 5.75 Å². The number of nitrogens with one attached hydrogen (secondary N) is 1. The maximum atomic E-state index is 8.72. The van der Waals surface area contributed by atoms with Crippen LogP contribution in [-0.2, 0) is 0 Å². The molecule has 0 radical (unpaired) electrons. The molecule has 0 atom stereocenters. The summed E-state index contributed by atoms with van der Waals surface area (Å²) in [6.07, 6.45) is 2.65. The monoisotopic (exact) mass is 292 g/mol.